The molecule has 2 atom stereocenters. The first-order chi connectivity index (χ1) is 23.7. The van der Waals surface area contributed by atoms with Crippen molar-refractivity contribution in [2.75, 3.05) is 0 Å². The Morgan fingerprint density at radius 1 is 0.463 bits per heavy atom. The molecule has 0 bridgehead atoms. The third-order valence-electron chi connectivity index (χ3n) is 12.4. The largest absolute Gasteiger partial charge is 0.147 e. The third-order valence-corrected chi connectivity index (χ3v) is 30.3. The van der Waals surface area contributed by atoms with E-state index in [-0.39, 0.29) is 46.5 Å². The number of halogens is 2. The van der Waals surface area contributed by atoms with E-state index in [0.29, 0.717) is 7.25 Å². The van der Waals surface area contributed by atoms with Gasteiger partial charge in [0.25, 0.3) is 0 Å². The van der Waals surface area contributed by atoms with Crippen LogP contribution in [0.2, 0.25) is 9.26 Å². The Balaban J connectivity index is 0.00000325. The van der Waals surface area contributed by atoms with Gasteiger partial charge in [-0.25, -0.2) is 0 Å². The van der Waals surface area contributed by atoms with Gasteiger partial charge in [-0.05, 0) is 0 Å². The van der Waals surface area contributed by atoms with Crippen molar-refractivity contribution in [2.24, 2.45) is 0 Å². The maximum absolute atomic E-state index is 3.75. The first-order valence-corrected chi connectivity index (χ1v) is 33.4. The third kappa shape index (κ3) is 8.08. The Labute approximate surface area is 344 Å². The predicted octanol–water partition coefficient (Wildman–Crippen LogP) is 15.0. The molecule has 0 aliphatic heterocycles. The molecule has 4 heteroatoms. The molecule has 0 heterocycles. The minimum Gasteiger partial charge on any atom is -0.147 e. The summed E-state index contributed by atoms with van der Waals surface area (Å²) in [5, 5.41) is 0. The van der Waals surface area contributed by atoms with Crippen LogP contribution in [0, 0.1) is 0 Å². The molecule has 54 heavy (non-hydrogen) atoms. The number of allylic oxidation sites excluding steroid dienone is 2. The molecule has 0 nitrogen and oxygen atoms in total. The molecule has 2 unspecified atom stereocenters. The average Bonchev–Trinajstić information content (AvgIpc) is 3.55. The van der Waals surface area contributed by atoms with E-state index >= 15 is 0 Å². The molecule has 2 aliphatic rings. The van der Waals surface area contributed by atoms with E-state index in [0.717, 1.165) is 0 Å². The topological polar surface area (TPSA) is 0 Å². The van der Waals surface area contributed by atoms with Crippen LogP contribution in [0.3, 0.4) is 0 Å². The second kappa shape index (κ2) is 14.5. The Kier molecular flexibility index (Phi) is 12.0. The molecule has 0 radical (unpaired) electrons. The van der Waals surface area contributed by atoms with Crippen LogP contribution in [-0.2, 0) is 39.1 Å². The molecular weight excluding hydrogens is 791 g/mol. The second-order valence-corrected chi connectivity index (χ2v) is 52.3. The van der Waals surface area contributed by atoms with E-state index in [2.05, 4.69) is 198 Å². The molecule has 0 N–H and O–H groups in total. The quantitative estimate of drug-likeness (QED) is 0.179. The SMILES string of the molecule is CC1=Cc2c(-c3ccc(C(C)(C)C)cc3)cccc2[CH]1[Zr]([CH3])([CH3])(=[SiH2])[CH]1C(C)=Cc2c(-c3cc(C(C)(C)C)cc(C(C)(C)C)c3)cc(C(C)(C)C)cc21.Cl.Cl. The summed E-state index contributed by atoms with van der Waals surface area (Å²) in [6.45, 7) is 35.6. The van der Waals surface area contributed by atoms with Crippen LogP contribution in [0.1, 0.15) is 149 Å². The van der Waals surface area contributed by atoms with E-state index in [4.69, 9.17) is 0 Å². The summed E-state index contributed by atoms with van der Waals surface area (Å²) < 4.78 is 6.51. The molecule has 2 aliphatic carbocycles. The Bertz CT molecular complexity index is 2180. The van der Waals surface area contributed by atoms with Crippen LogP contribution < -0.4 is 0 Å². The van der Waals surface area contributed by atoms with Gasteiger partial charge >= 0.3 is 322 Å². The van der Waals surface area contributed by atoms with Gasteiger partial charge in [0.2, 0.25) is 0 Å². The summed E-state index contributed by atoms with van der Waals surface area (Å²) in [5.41, 5.74) is 20.6. The Morgan fingerprint density at radius 2 is 0.889 bits per heavy atom. The molecular formula is C50H68Cl2SiZr. The Morgan fingerprint density at radius 3 is 1.35 bits per heavy atom. The molecule has 0 fully saturated rings. The molecule has 0 saturated carbocycles. The van der Waals surface area contributed by atoms with Crippen LogP contribution in [0.15, 0.2) is 83.9 Å². The van der Waals surface area contributed by atoms with Gasteiger partial charge in [0.05, 0.1) is 0 Å². The van der Waals surface area contributed by atoms with Crippen molar-refractivity contribution < 1.29 is 17.4 Å². The molecule has 4 aromatic rings. The molecule has 0 saturated heterocycles. The summed E-state index contributed by atoms with van der Waals surface area (Å²) in [6, 6.07) is 29.1. The van der Waals surface area contributed by atoms with Gasteiger partial charge in [0, 0.05) is 0 Å². The summed E-state index contributed by atoms with van der Waals surface area (Å²) in [6.07, 6.45) is 5.15. The Hall–Kier alpha value is -1.96. The zero-order chi connectivity index (χ0) is 38.6. The second-order valence-electron chi connectivity index (χ2n) is 21.8. The summed E-state index contributed by atoms with van der Waals surface area (Å²) in [5.74, 6) is 0. The zero-order valence-corrected chi connectivity index (χ0v) is 41.8. The number of benzene rings is 4. The van der Waals surface area contributed by atoms with Gasteiger partial charge in [0.1, 0.15) is 0 Å². The van der Waals surface area contributed by atoms with E-state index in [9.17, 15) is 0 Å². The van der Waals surface area contributed by atoms with E-state index in [1.54, 1.807) is 22.3 Å². The van der Waals surface area contributed by atoms with E-state index in [1.165, 1.54) is 55.6 Å². The fourth-order valence-electron chi connectivity index (χ4n) is 9.59. The molecule has 0 amide bonds. The first-order valence-electron chi connectivity index (χ1n) is 19.7. The zero-order valence-electron chi connectivity index (χ0n) is 36.3. The van der Waals surface area contributed by atoms with Crippen LogP contribution in [0.25, 0.3) is 34.4 Å². The van der Waals surface area contributed by atoms with E-state index < -0.39 is 17.4 Å². The van der Waals surface area contributed by atoms with Crippen molar-refractivity contribution >= 4 is 43.8 Å². The van der Waals surface area contributed by atoms with Crippen LogP contribution in [0.5, 0.6) is 0 Å². The summed E-state index contributed by atoms with van der Waals surface area (Å²) in [4.78, 5) is 0. The average molecular weight is 859 g/mol. The number of hydrogen-bond acceptors (Lipinski definition) is 0. The van der Waals surface area contributed by atoms with Crippen molar-refractivity contribution in [2.45, 2.75) is 135 Å². The van der Waals surface area contributed by atoms with Crippen LogP contribution >= 0.6 is 24.8 Å². The fourth-order valence-corrected chi connectivity index (χ4v) is 30.8. The molecule has 0 spiro atoms. The minimum atomic E-state index is -3.75. The van der Waals surface area contributed by atoms with Gasteiger partial charge in [-0.15, -0.1) is 24.8 Å². The van der Waals surface area contributed by atoms with Crippen LogP contribution in [-0.4, -0.2) is 6.88 Å². The van der Waals surface area contributed by atoms with Crippen molar-refractivity contribution in [3.05, 3.63) is 128 Å². The van der Waals surface area contributed by atoms with Crippen molar-refractivity contribution in [3.63, 3.8) is 0 Å². The molecule has 290 valence electrons. The number of rotatable bonds is 4. The van der Waals surface area contributed by atoms with Gasteiger partial charge in [-0.1, -0.05) is 0 Å². The van der Waals surface area contributed by atoms with Gasteiger partial charge in [0.15, 0.2) is 0 Å². The molecule has 6 rings (SSSR count). The number of hydrogen-bond donors (Lipinski definition) is 0. The summed E-state index contributed by atoms with van der Waals surface area (Å²) in [7, 11) is 0. The number of fused-ring (bicyclic) bond motifs is 2. The first kappa shape index (κ1) is 44.8. The van der Waals surface area contributed by atoms with Crippen molar-refractivity contribution in [3.8, 4) is 22.3 Å². The van der Waals surface area contributed by atoms with Crippen molar-refractivity contribution in [1.82, 2.24) is 0 Å². The van der Waals surface area contributed by atoms with Crippen molar-refractivity contribution in [1.29, 1.82) is 0 Å². The van der Waals surface area contributed by atoms with E-state index in [1.807, 2.05) is 0 Å². The minimum absolute atomic E-state index is 0. The standard InChI is InChI=1S/C28H37.C20H21.2CH3.2ClH.H2Si.Zr/c1-18-11-19-13-23(28(8,9)10)17-25(24(19)12-18)20-14-21(26(2,3)4)16-22(15-20)27(5,6)7;1-14-12-16-6-5-7-18(19(16)13-14)15-8-10-17(11-9-15)20(2,3)4;;;;;;/h11-17H,1-10H3;5-13H,1-4H3;2*1H3;2*1H;1H2;. The monoisotopic (exact) mass is 856 g/mol. The maximum Gasteiger partial charge on any atom is -0.147 e. The fraction of sp³-hybridized carbons (Fsp3) is 0.440. The maximum atomic E-state index is 2.78. The van der Waals surface area contributed by atoms with Gasteiger partial charge < -0.3 is 0 Å². The summed E-state index contributed by atoms with van der Waals surface area (Å²) >= 11 is -3.75. The van der Waals surface area contributed by atoms with Gasteiger partial charge in [-0.3, -0.25) is 0 Å². The normalized spacial score (nSPS) is 17.6. The smallest absolute Gasteiger partial charge is 0.147 e. The molecule has 4 aromatic carbocycles. The van der Waals surface area contributed by atoms with Gasteiger partial charge in [-0.2, -0.15) is 0 Å². The molecule has 0 aromatic heterocycles. The predicted molar refractivity (Wildman–Crippen MR) is 246 cm³/mol. The van der Waals surface area contributed by atoms with Crippen LogP contribution in [0.4, 0.5) is 0 Å².